The summed E-state index contributed by atoms with van der Waals surface area (Å²) < 4.78 is 0. The molecule has 1 amide bonds. The molecule has 2 atom stereocenters. The second-order valence-corrected chi connectivity index (χ2v) is 5.84. The van der Waals surface area contributed by atoms with Gasteiger partial charge in [-0.05, 0) is 24.8 Å². The van der Waals surface area contributed by atoms with Crippen LogP contribution in [0, 0.1) is 5.92 Å². The Morgan fingerprint density at radius 2 is 2.28 bits per heavy atom. The van der Waals surface area contributed by atoms with Crippen LogP contribution in [0.15, 0.2) is 17.5 Å². The Bertz CT molecular complexity index is 351. The largest absolute Gasteiger partial charge is 0.342 e. The first-order valence-corrected chi connectivity index (χ1v) is 7.47. The van der Waals surface area contributed by atoms with Gasteiger partial charge in [-0.3, -0.25) is 4.79 Å². The third-order valence-corrected chi connectivity index (χ3v) is 4.26. The summed E-state index contributed by atoms with van der Waals surface area (Å²) in [7, 11) is 1.89. The highest BCUT2D eigenvalue weighted by molar-refractivity contribution is 7.09. The van der Waals surface area contributed by atoms with Gasteiger partial charge in [-0.2, -0.15) is 0 Å². The molecule has 2 unspecified atom stereocenters. The number of thiophene rings is 1. The van der Waals surface area contributed by atoms with Crippen LogP contribution in [0.1, 0.15) is 31.6 Å². The van der Waals surface area contributed by atoms with E-state index >= 15 is 0 Å². The van der Waals surface area contributed by atoms with E-state index in [4.69, 9.17) is 5.73 Å². The van der Waals surface area contributed by atoms with Crippen LogP contribution in [0.2, 0.25) is 0 Å². The van der Waals surface area contributed by atoms with E-state index in [0.717, 1.165) is 19.3 Å². The summed E-state index contributed by atoms with van der Waals surface area (Å²) >= 11 is 1.74. The Hall–Kier alpha value is -0.870. The van der Waals surface area contributed by atoms with Crippen LogP contribution in [0.25, 0.3) is 0 Å². The highest BCUT2D eigenvalue weighted by atomic mass is 32.1. The van der Waals surface area contributed by atoms with Crippen molar-refractivity contribution in [2.24, 2.45) is 11.7 Å². The first kappa shape index (κ1) is 15.2. The smallest absolute Gasteiger partial charge is 0.226 e. The molecule has 0 aliphatic carbocycles. The van der Waals surface area contributed by atoms with Gasteiger partial charge in [0.05, 0.1) is 5.92 Å². The maximum absolute atomic E-state index is 12.3. The molecular formula is C14H24N2OS. The van der Waals surface area contributed by atoms with Gasteiger partial charge in [0.1, 0.15) is 0 Å². The molecule has 102 valence electrons. The van der Waals surface area contributed by atoms with Gasteiger partial charge in [-0.1, -0.05) is 19.4 Å². The Morgan fingerprint density at radius 3 is 2.78 bits per heavy atom. The van der Waals surface area contributed by atoms with Crippen LogP contribution in [-0.4, -0.2) is 30.4 Å². The van der Waals surface area contributed by atoms with E-state index in [-0.39, 0.29) is 17.9 Å². The van der Waals surface area contributed by atoms with Gasteiger partial charge in [-0.25, -0.2) is 0 Å². The second kappa shape index (κ2) is 7.54. The van der Waals surface area contributed by atoms with Gasteiger partial charge in [0.25, 0.3) is 0 Å². The summed E-state index contributed by atoms with van der Waals surface area (Å²) in [4.78, 5) is 15.5. The van der Waals surface area contributed by atoms with E-state index in [9.17, 15) is 4.79 Å². The number of hydrogen-bond acceptors (Lipinski definition) is 3. The highest BCUT2D eigenvalue weighted by Gasteiger charge is 2.23. The molecule has 0 aliphatic rings. The molecule has 4 heteroatoms. The first-order chi connectivity index (χ1) is 8.60. The quantitative estimate of drug-likeness (QED) is 0.826. The number of rotatable bonds is 7. The molecular weight excluding hydrogens is 244 g/mol. The maximum Gasteiger partial charge on any atom is 0.226 e. The van der Waals surface area contributed by atoms with Crippen molar-refractivity contribution >= 4 is 17.2 Å². The molecule has 0 saturated carbocycles. The van der Waals surface area contributed by atoms with Gasteiger partial charge in [0.15, 0.2) is 0 Å². The fraction of sp³-hybridized carbons (Fsp3) is 0.643. The molecule has 0 fully saturated rings. The number of nitrogens with zero attached hydrogens (tertiary/aromatic N) is 1. The first-order valence-electron chi connectivity index (χ1n) is 6.59. The van der Waals surface area contributed by atoms with Crippen molar-refractivity contribution in [2.45, 2.75) is 39.2 Å². The van der Waals surface area contributed by atoms with Crippen molar-refractivity contribution in [1.82, 2.24) is 4.90 Å². The van der Waals surface area contributed by atoms with Gasteiger partial charge >= 0.3 is 0 Å². The summed E-state index contributed by atoms with van der Waals surface area (Å²) in [6, 6.07) is 4.39. The number of carbonyl (C=O) groups is 1. The van der Waals surface area contributed by atoms with Gasteiger partial charge in [0, 0.05) is 30.9 Å². The van der Waals surface area contributed by atoms with E-state index in [1.54, 1.807) is 11.3 Å². The number of nitrogens with two attached hydrogens (primary N) is 1. The highest BCUT2D eigenvalue weighted by Crippen LogP contribution is 2.16. The molecule has 0 aliphatic heterocycles. The fourth-order valence-corrected chi connectivity index (χ4v) is 2.88. The van der Waals surface area contributed by atoms with Crippen LogP contribution in [-0.2, 0) is 11.2 Å². The monoisotopic (exact) mass is 268 g/mol. The normalized spacial score (nSPS) is 14.2. The van der Waals surface area contributed by atoms with Crippen LogP contribution >= 0.6 is 11.3 Å². The van der Waals surface area contributed by atoms with E-state index in [0.29, 0.717) is 6.54 Å². The predicted molar refractivity (Wildman–Crippen MR) is 77.7 cm³/mol. The minimum Gasteiger partial charge on any atom is -0.342 e. The average Bonchev–Trinajstić information content (AvgIpc) is 2.86. The molecule has 1 rings (SSSR count). The van der Waals surface area contributed by atoms with Gasteiger partial charge < -0.3 is 10.6 Å². The third-order valence-electron chi connectivity index (χ3n) is 3.36. The van der Waals surface area contributed by atoms with Crippen LogP contribution in [0.4, 0.5) is 0 Å². The number of carbonyl (C=O) groups excluding carboxylic acids is 1. The summed E-state index contributed by atoms with van der Waals surface area (Å²) in [5, 5.41) is 2.07. The summed E-state index contributed by atoms with van der Waals surface area (Å²) in [5.41, 5.74) is 5.69. The second-order valence-electron chi connectivity index (χ2n) is 4.80. The van der Waals surface area contributed by atoms with Crippen molar-refractivity contribution in [3.8, 4) is 0 Å². The maximum atomic E-state index is 12.3. The van der Waals surface area contributed by atoms with Gasteiger partial charge in [-0.15, -0.1) is 11.3 Å². The van der Waals surface area contributed by atoms with E-state index in [1.165, 1.54) is 4.88 Å². The van der Waals surface area contributed by atoms with Gasteiger partial charge in [0.2, 0.25) is 5.91 Å². The molecule has 3 nitrogen and oxygen atoms in total. The predicted octanol–water partition coefficient (Wildman–Crippen LogP) is 2.51. The molecule has 1 heterocycles. The topological polar surface area (TPSA) is 46.3 Å². The molecule has 1 aromatic rings. The van der Waals surface area contributed by atoms with Crippen molar-refractivity contribution in [1.29, 1.82) is 0 Å². The van der Waals surface area contributed by atoms with Crippen LogP contribution in [0.3, 0.4) is 0 Å². The molecule has 0 aromatic carbocycles. The fourth-order valence-electron chi connectivity index (χ4n) is 2.05. The van der Waals surface area contributed by atoms with E-state index in [2.05, 4.69) is 25.3 Å². The lowest BCUT2D eigenvalue weighted by atomic mass is 10.0. The standard InChI is InChI=1S/C14H24N2OS/c1-4-6-12(10-15)14(17)16(3)11(2)9-13-7-5-8-18-13/h5,7-8,11-12H,4,6,9-10,15H2,1-3H3. The van der Waals surface area contributed by atoms with Crippen molar-refractivity contribution in [3.63, 3.8) is 0 Å². The summed E-state index contributed by atoms with van der Waals surface area (Å²) in [5.74, 6) is 0.161. The Morgan fingerprint density at radius 1 is 1.56 bits per heavy atom. The summed E-state index contributed by atoms with van der Waals surface area (Å²) in [6.45, 7) is 4.63. The number of likely N-dealkylation sites (N-methyl/N-ethyl adjacent to an activating group) is 1. The lowest BCUT2D eigenvalue weighted by molar-refractivity contribution is -0.135. The zero-order valence-electron chi connectivity index (χ0n) is 11.6. The van der Waals surface area contributed by atoms with Crippen molar-refractivity contribution in [3.05, 3.63) is 22.4 Å². The van der Waals surface area contributed by atoms with Crippen LogP contribution in [0.5, 0.6) is 0 Å². The average molecular weight is 268 g/mol. The summed E-state index contributed by atoms with van der Waals surface area (Å²) in [6.07, 6.45) is 2.80. The molecule has 18 heavy (non-hydrogen) atoms. The minimum atomic E-state index is -0.0224. The Labute approximate surface area is 114 Å². The molecule has 0 radical (unpaired) electrons. The zero-order valence-corrected chi connectivity index (χ0v) is 12.4. The zero-order chi connectivity index (χ0) is 13.5. The van der Waals surface area contributed by atoms with E-state index < -0.39 is 0 Å². The molecule has 0 saturated heterocycles. The lowest BCUT2D eigenvalue weighted by Gasteiger charge is -2.28. The Kier molecular flexibility index (Phi) is 6.36. The van der Waals surface area contributed by atoms with Crippen molar-refractivity contribution < 1.29 is 4.79 Å². The molecule has 1 aromatic heterocycles. The van der Waals surface area contributed by atoms with Crippen molar-refractivity contribution in [2.75, 3.05) is 13.6 Å². The number of hydrogen-bond donors (Lipinski definition) is 1. The molecule has 0 bridgehead atoms. The van der Waals surface area contributed by atoms with E-state index in [1.807, 2.05) is 18.0 Å². The lowest BCUT2D eigenvalue weighted by Crippen LogP contribution is -2.42. The number of amides is 1. The third kappa shape index (κ3) is 4.10. The molecule has 2 N–H and O–H groups in total. The SMILES string of the molecule is CCCC(CN)C(=O)N(C)C(C)Cc1cccs1. The minimum absolute atomic E-state index is 0.0224. The Balaban J connectivity index is 2.56. The molecule has 0 spiro atoms. The van der Waals surface area contributed by atoms with Crippen LogP contribution < -0.4 is 5.73 Å².